The molecule has 0 fully saturated rings. The number of ether oxygens (including phenoxy) is 2. The molecule has 0 atom stereocenters. The van der Waals surface area contributed by atoms with Crippen LogP contribution in [-0.2, 0) is 4.74 Å². The summed E-state index contributed by atoms with van der Waals surface area (Å²) in [7, 11) is 0. The zero-order valence-electron chi connectivity index (χ0n) is 18.3. The number of esters is 1. The minimum absolute atomic E-state index is 0.0287. The summed E-state index contributed by atoms with van der Waals surface area (Å²) in [6.45, 7) is 8.12. The van der Waals surface area contributed by atoms with Crippen LogP contribution in [0.15, 0.2) is 48.8 Å². The predicted molar refractivity (Wildman–Crippen MR) is 120 cm³/mol. The summed E-state index contributed by atoms with van der Waals surface area (Å²) >= 11 is 0. The molecular weight excluding hydrogens is 412 g/mol. The third-order valence-corrected chi connectivity index (χ3v) is 4.60. The monoisotopic (exact) mass is 436 g/mol. The van der Waals surface area contributed by atoms with Crippen LogP contribution in [-0.4, -0.2) is 27.5 Å². The van der Waals surface area contributed by atoms with Crippen molar-refractivity contribution in [3.8, 4) is 11.6 Å². The van der Waals surface area contributed by atoms with E-state index >= 15 is 0 Å². The molecule has 0 aliphatic rings. The number of hydrogen-bond donors (Lipinski definition) is 1. The molecule has 32 heavy (non-hydrogen) atoms. The zero-order chi connectivity index (χ0) is 23.3. The molecule has 0 spiro atoms. The van der Waals surface area contributed by atoms with E-state index in [2.05, 4.69) is 15.3 Å². The van der Waals surface area contributed by atoms with Gasteiger partial charge in [-0.15, -0.1) is 0 Å². The van der Waals surface area contributed by atoms with Gasteiger partial charge in [0.15, 0.2) is 0 Å². The van der Waals surface area contributed by atoms with Crippen molar-refractivity contribution in [2.75, 3.05) is 11.9 Å². The van der Waals surface area contributed by atoms with Crippen LogP contribution < -0.4 is 10.1 Å². The first-order valence-corrected chi connectivity index (χ1v) is 10.0. The smallest absolute Gasteiger partial charge is 0.373 e. The molecule has 0 unspecified atom stereocenters. The van der Waals surface area contributed by atoms with Crippen LogP contribution in [0.1, 0.15) is 35.3 Å². The molecule has 3 rings (SSSR count). The number of anilines is 2. The SMILES string of the molecule is Cc1ccc(Oc2ncnc(Nc3ccc(C(=O)OCC(C)C)cc3)c2[N+](=O)[O-])cc1C. The van der Waals surface area contributed by atoms with E-state index in [0.717, 1.165) is 11.1 Å². The molecule has 0 saturated heterocycles. The normalized spacial score (nSPS) is 10.7. The molecule has 0 saturated carbocycles. The van der Waals surface area contributed by atoms with Crippen molar-refractivity contribution >= 4 is 23.2 Å². The standard InChI is InChI=1S/C23H24N4O5/c1-14(2)12-31-23(28)17-6-8-18(9-7-17)26-21-20(27(29)30)22(25-13-24-21)32-19-10-5-15(3)16(4)11-19/h5-11,13-14H,12H2,1-4H3,(H,24,25,26). The van der Waals surface area contributed by atoms with Crippen LogP contribution in [0.25, 0.3) is 0 Å². The number of rotatable bonds is 8. The molecule has 0 aliphatic heterocycles. The van der Waals surface area contributed by atoms with Crippen LogP contribution in [0.3, 0.4) is 0 Å². The van der Waals surface area contributed by atoms with Crippen LogP contribution >= 0.6 is 0 Å². The second-order valence-electron chi connectivity index (χ2n) is 7.68. The van der Waals surface area contributed by atoms with E-state index in [9.17, 15) is 14.9 Å². The molecule has 9 nitrogen and oxygen atoms in total. The lowest BCUT2D eigenvalue weighted by Gasteiger charge is -2.11. The lowest BCUT2D eigenvalue weighted by Crippen LogP contribution is -2.10. The van der Waals surface area contributed by atoms with Crippen molar-refractivity contribution in [2.45, 2.75) is 27.7 Å². The van der Waals surface area contributed by atoms with Gasteiger partial charge >= 0.3 is 17.5 Å². The van der Waals surface area contributed by atoms with Gasteiger partial charge in [0.1, 0.15) is 12.1 Å². The number of carbonyl (C=O) groups excluding carboxylic acids is 1. The molecule has 0 aliphatic carbocycles. The molecule has 1 N–H and O–H groups in total. The first-order valence-electron chi connectivity index (χ1n) is 10.0. The maximum absolute atomic E-state index is 12.1. The largest absolute Gasteiger partial charge is 0.462 e. The Bertz CT molecular complexity index is 1130. The fourth-order valence-corrected chi connectivity index (χ4v) is 2.73. The van der Waals surface area contributed by atoms with Crippen molar-refractivity contribution < 1.29 is 19.2 Å². The summed E-state index contributed by atoms with van der Waals surface area (Å²) in [6, 6.07) is 11.7. The fraction of sp³-hybridized carbons (Fsp3) is 0.261. The van der Waals surface area contributed by atoms with Gasteiger partial charge in [-0.3, -0.25) is 10.1 Å². The number of aromatic nitrogens is 2. The van der Waals surface area contributed by atoms with Crippen molar-refractivity contribution in [3.63, 3.8) is 0 Å². The average Bonchev–Trinajstić information content (AvgIpc) is 2.75. The first-order chi connectivity index (χ1) is 15.2. The van der Waals surface area contributed by atoms with Gasteiger partial charge in [-0.2, -0.15) is 4.98 Å². The van der Waals surface area contributed by atoms with Crippen LogP contribution in [0.2, 0.25) is 0 Å². The molecular formula is C23H24N4O5. The Hall–Kier alpha value is -4.01. The summed E-state index contributed by atoms with van der Waals surface area (Å²) < 4.78 is 10.9. The van der Waals surface area contributed by atoms with Gasteiger partial charge < -0.3 is 14.8 Å². The van der Waals surface area contributed by atoms with E-state index in [4.69, 9.17) is 9.47 Å². The van der Waals surface area contributed by atoms with Crippen LogP contribution in [0.5, 0.6) is 11.6 Å². The molecule has 3 aromatic rings. The topological polar surface area (TPSA) is 116 Å². The summed E-state index contributed by atoms with van der Waals surface area (Å²) in [6.07, 6.45) is 1.18. The van der Waals surface area contributed by atoms with Gasteiger partial charge in [-0.25, -0.2) is 9.78 Å². The van der Waals surface area contributed by atoms with Gasteiger partial charge in [0.05, 0.1) is 17.1 Å². The summed E-state index contributed by atoms with van der Waals surface area (Å²) in [5, 5.41) is 14.7. The van der Waals surface area contributed by atoms with Crippen molar-refractivity contribution in [2.24, 2.45) is 5.92 Å². The summed E-state index contributed by atoms with van der Waals surface area (Å²) in [5.74, 6) is 0.0366. The van der Waals surface area contributed by atoms with Crippen molar-refractivity contribution in [3.05, 3.63) is 75.6 Å². The minimum Gasteiger partial charge on any atom is -0.462 e. The molecule has 0 bridgehead atoms. The number of benzene rings is 2. The number of hydrogen-bond acceptors (Lipinski definition) is 8. The lowest BCUT2D eigenvalue weighted by molar-refractivity contribution is -0.385. The highest BCUT2D eigenvalue weighted by Crippen LogP contribution is 2.35. The van der Waals surface area contributed by atoms with Gasteiger partial charge in [-0.1, -0.05) is 19.9 Å². The molecule has 1 heterocycles. The summed E-state index contributed by atoms with van der Waals surface area (Å²) in [4.78, 5) is 31.2. The molecule has 166 valence electrons. The molecule has 1 aromatic heterocycles. The first kappa shape index (κ1) is 22.7. The van der Waals surface area contributed by atoms with Gasteiger partial charge in [0, 0.05) is 5.69 Å². The van der Waals surface area contributed by atoms with Gasteiger partial charge in [0.25, 0.3) is 0 Å². The lowest BCUT2D eigenvalue weighted by atomic mass is 10.1. The highest BCUT2D eigenvalue weighted by atomic mass is 16.6. The fourth-order valence-electron chi connectivity index (χ4n) is 2.73. The maximum atomic E-state index is 12.1. The quantitative estimate of drug-likeness (QED) is 0.285. The highest BCUT2D eigenvalue weighted by Gasteiger charge is 2.25. The average molecular weight is 436 g/mol. The number of nitrogens with one attached hydrogen (secondary N) is 1. The Labute approximate surface area is 185 Å². The van der Waals surface area contributed by atoms with Gasteiger partial charge in [0.2, 0.25) is 5.82 Å². The van der Waals surface area contributed by atoms with E-state index in [1.54, 1.807) is 36.4 Å². The van der Waals surface area contributed by atoms with E-state index in [1.165, 1.54) is 6.33 Å². The van der Waals surface area contributed by atoms with Crippen molar-refractivity contribution in [1.29, 1.82) is 0 Å². The second kappa shape index (κ2) is 9.86. The van der Waals surface area contributed by atoms with Gasteiger partial charge in [-0.05, 0) is 67.3 Å². The third-order valence-electron chi connectivity index (χ3n) is 4.60. The molecule has 9 heteroatoms. The van der Waals surface area contributed by atoms with Crippen molar-refractivity contribution in [1.82, 2.24) is 9.97 Å². The number of nitrogens with zero attached hydrogens (tertiary/aromatic N) is 3. The zero-order valence-corrected chi connectivity index (χ0v) is 18.3. The highest BCUT2D eigenvalue weighted by molar-refractivity contribution is 5.90. The number of carbonyl (C=O) groups is 1. The Balaban J connectivity index is 1.82. The third kappa shape index (κ3) is 5.57. The minimum atomic E-state index is -0.601. The molecule has 2 aromatic carbocycles. The Morgan fingerprint density at radius 3 is 2.44 bits per heavy atom. The number of aryl methyl sites for hydroxylation is 2. The Kier molecular flexibility index (Phi) is 6.99. The summed E-state index contributed by atoms with van der Waals surface area (Å²) in [5.41, 5.74) is 2.56. The predicted octanol–water partition coefficient (Wildman–Crippen LogP) is 5.35. The van der Waals surface area contributed by atoms with Crippen LogP contribution in [0.4, 0.5) is 17.2 Å². The van der Waals surface area contributed by atoms with E-state index < -0.39 is 16.6 Å². The van der Waals surface area contributed by atoms with Crippen LogP contribution in [0, 0.1) is 29.9 Å². The van der Waals surface area contributed by atoms with E-state index in [0.29, 0.717) is 23.6 Å². The molecule has 0 amide bonds. The maximum Gasteiger partial charge on any atom is 0.373 e. The Morgan fingerprint density at radius 1 is 1.09 bits per heavy atom. The van der Waals surface area contributed by atoms with E-state index in [-0.39, 0.29) is 17.6 Å². The van der Waals surface area contributed by atoms with E-state index in [1.807, 2.05) is 33.8 Å². The Morgan fingerprint density at radius 2 is 1.81 bits per heavy atom. The second-order valence-corrected chi connectivity index (χ2v) is 7.68. The number of nitro groups is 1. The molecule has 0 radical (unpaired) electrons.